The number of unbranched alkanes of at least 4 members (excludes halogenated alkanes) is 3. The van der Waals surface area contributed by atoms with Crippen LogP contribution in [0.5, 0.6) is 0 Å². The van der Waals surface area contributed by atoms with E-state index in [0.29, 0.717) is 12.3 Å². The lowest BCUT2D eigenvalue weighted by Crippen LogP contribution is -2.23. The Morgan fingerprint density at radius 3 is 2.33 bits per heavy atom. The van der Waals surface area contributed by atoms with Gasteiger partial charge in [0.1, 0.15) is 0 Å². The van der Waals surface area contributed by atoms with Crippen LogP contribution in [0, 0.1) is 0 Å². The molecule has 12 heavy (non-hydrogen) atoms. The Morgan fingerprint density at radius 2 is 1.83 bits per heavy atom. The lowest BCUT2D eigenvalue weighted by atomic mass is 10.1. The molecule has 0 saturated heterocycles. The number of hydrogen-bond donors (Lipinski definition) is 0. The molecule has 0 unspecified atom stereocenters. The van der Waals surface area contributed by atoms with E-state index in [2.05, 4.69) is 6.58 Å². The van der Waals surface area contributed by atoms with Crippen LogP contribution in [-0.4, -0.2) is 11.8 Å². The third kappa shape index (κ3) is 6.23. The monoisotopic (exact) mass is 189 g/mol. The third-order valence-electron chi connectivity index (χ3n) is 1.65. The summed E-state index contributed by atoms with van der Waals surface area (Å²) >= 11 is 5.47. The molecule has 0 rings (SSSR count). The summed E-state index contributed by atoms with van der Waals surface area (Å²) in [5, 5.41) is 10.2. The highest BCUT2D eigenvalue weighted by atomic mass is 35.5. The van der Waals surface area contributed by atoms with Gasteiger partial charge in [0.25, 0.3) is 0 Å². The van der Waals surface area contributed by atoms with Crippen molar-refractivity contribution in [2.45, 2.75) is 32.1 Å². The second kappa shape index (κ2) is 7.17. The van der Waals surface area contributed by atoms with Crippen LogP contribution in [-0.2, 0) is 4.79 Å². The molecule has 0 fully saturated rings. The predicted octanol–water partition coefficient (Wildman–Crippen LogP) is 1.48. The first-order valence-electron chi connectivity index (χ1n) is 4.13. The van der Waals surface area contributed by atoms with E-state index in [1.54, 1.807) is 0 Å². The van der Waals surface area contributed by atoms with Gasteiger partial charge in [0.05, 0.1) is 5.97 Å². The minimum Gasteiger partial charge on any atom is -0.545 e. The molecule has 2 nitrogen and oxygen atoms in total. The molecule has 0 aliphatic rings. The zero-order valence-corrected chi connectivity index (χ0v) is 7.90. The van der Waals surface area contributed by atoms with Gasteiger partial charge in [-0.05, 0) is 24.8 Å². The van der Waals surface area contributed by atoms with Gasteiger partial charge in [-0.3, -0.25) is 0 Å². The minimum atomic E-state index is -1.13. The summed E-state index contributed by atoms with van der Waals surface area (Å²) in [5.41, 5.74) is 0.195. The van der Waals surface area contributed by atoms with Gasteiger partial charge in [-0.15, -0.1) is 11.6 Å². The molecular weight excluding hydrogens is 176 g/mol. The van der Waals surface area contributed by atoms with Crippen molar-refractivity contribution < 1.29 is 9.90 Å². The number of hydrogen-bond acceptors (Lipinski definition) is 2. The molecule has 0 heterocycles. The molecule has 70 valence electrons. The van der Waals surface area contributed by atoms with Gasteiger partial charge in [0.2, 0.25) is 0 Å². The van der Waals surface area contributed by atoms with Crippen molar-refractivity contribution in [3.8, 4) is 0 Å². The maximum Gasteiger partial charge on any atom is 0.0668 e. The average Bonchev–Trinajstić information content (AvgIpc) is 2.03. The molecule has 0 saturated carbocycles. The van der Waals surface area contributed by atoms with Crippen molar-refractivity contribution in [1.82, 2.24) is 0 Å². The highest BCUT2D eigenvalue weighted by molar-refractivity contribution is 6.17. The van der Waals surface area contributed by atoms with Crippen LogP contribution in [0.3, 0.4) is 0 Å². The Morgan fingerprint density at radius 1 is 1.25 bits per heavy atom. The number of rotatable bonds is 7. The van der Waals surface area contributed by atoms with E-state index in [1.807, 2.05) is 0 Å². The van der Waals surface area contributed by atoms with E-state index in [-0.39, 0.29) is 5.57 Å². The quantitative estimate of drug-likeness (QED) is 0.346. The van der Waals surface area contributed by atoms with Crippen molar-refractivity contribution in [3.05, 3.63) is 12.2 Å². The fourth-order valence-corrected chi connectivity index (χ4v) is 1.08. The summed E-state index contributed by atoms with van der Waals surface area (Å²) < 4.78 is 0. The van der Waals surface area contributed by atoms with Crippen LogP contribution in [0.4, 0.5) is 0 Å². The fraction of sp³-hybridized carbons (Fsp3) is 0.667. The topological polar surface area (TPSA) is 40.1 Å². The van der Waals surface area contributed by atoms with Gasteiger partial charge in [0, 0.05) is 5.88 Å². The van der Waals surface area contributed by atoms with Gasteiger partial charge in [-0.1, -0.05) is 19.4 Å². The number of carbonyl (C=O) groups is 1. The first kappa shape index (κ1) is 11.5. The second-order valence-electron chi connectivity index (χ2n) is 2.74. The zero-order chi connectivity index (χ0) is 9.40. The average molecular weight is 190 g/mol. The summed E-state index contributed by atoms with van der Waals surface area (Å²) in [4.78, 5) is 10.2. The maximum absolute atomic E-state index is 10.2. The van der Waals surface area contributed by atoms with Crippen LogP contribution in [0.25, 0.3) is 0 Å². The van der Waals surface area contributed by atoms with Gasteiger partial charge in [-0.25, -0.2) is 0 Å². The molecule has 0 bridgehead atoms. The molecule has 0 amide bonds. The second-order valence-corrected chi connectivity index (χ2v) is 3.12. The molecule has 0 aromatic carbocycles. The lowest BCUT2D eigenvalue weighted by molar-refractivity contribution is -0.299. The molecule has 0 aromatic rings. The van der Waals surface area contributed by atoms with Crippen LogP contribution < -0.4 is 5.11 Å². The fourth-order valence-electron chi connectivity index (χ4n) is 0.888. The van der Waals surface area contributed by atoms with Gasteiger partial charge < -0.3 is 9.90 Å². The van der Waals surface area contributed by atoms with Gasteiger partial charge in [-0.2, -0.15) is 0 Å². The standard InChI is InChI=1S/C9H15ClO2/c1-8(9(11)12)6-4-2-3-5-7-10/h1-7H2,(H,11,12)/p-1. The normalized spacial score (nSPS) is 9.75. The number of carboxylic acid groups (broad SMARTS) is 1. The first-order chi connectivity index (χ1) is 5.68. The van der Waals surface area contributed by atoms with Crippen molar-refractivity contribution in [2.75, 3.05) is 5.88 Å². The summed E-state index contributed by atoms with van der Waals surface area (Å²) in [7, 11) is 0. The number of halogens is 1. The summed E-state index contributed by atoms with van der Waals surface area (Å²) in [5.74, 6) is -0.450. The molecule has 3 heteroatoms. The zero-order valence-electron chi connectivity index (χ0n) is 7.14. The van der Waals surface area contributed by atoms with E-state index in [9.17, 15) is 9.90 Å². The smallest absolute Gasteiger partial charge is 0.0668 e. The molecule has 0 aliphatic carbocycles. The van der Waals surface area contributed by atoms with Crippen molar-refractivity contribution >= 4 is 17.6 Å². The summed E-state index contributed by atoms with van der Waals surface area (Å²) in [6.45, 7) is 3.38. The Bertz CT molecular complexity index is 155. The van der Waals surface area contributed by atoms with Gasteiger partial charge >= 0.3 is 0 Å². The van der Waals surface area contributed by atoms with E-state index in [4.69, 9.17) is 11.6 Å². The summed E-state index contributed by atoms with van der Waals surface area (Å²) in [6.07, 6.45) is 4.47. The van der Waals surface area contributed by atoms with E-state index in [1.165, 1.54) is 0 Å². The number of carboxylic acids is 1. The van der Waals surface area contributed by atoms with Crippen LogP contribution in [0.2, 0.25) is 0 Å². The van der Waals surface area contributed by atoms with Crippen LogP contribution in [0.1, 0.15) is 32.1 Å². The molecule has 0 aromatic heterocycles. The van der Waals surface area contributed by atoms with Crippen molar-refractivity contribution in [2.24, 2.45) is 0 Å². The third-order valence-corrected chi connectivity index (χ3v) is 1.92. The van der Waals surface area contributed by atoms with E-state index in [0.717, 1.165) is 25.7 Å². The van der Waals surface area contributed by atoms with E-state index < -0.39 is 5.97 Å². The number of carbonyl (C=O) groups excluding carboxylic acids is 1. The van der Waals surface area contributed by atoms with Gasteiger partial charge in [0.15, 0.2) is 0 Å². The van der Waals surface area contributed by atoms with Crippen molar-refractivity contribution in [1.29, 1.82) is 0 Å². The molecule has 0 atom stereocenters. The summed E-state index contributed by atoms with van der Waals surface area (Å²) in [6, 6.07) is 0. The largest absolute Gasteiger partial charge is 0.545 e. The SMILES string of the molecule is C=C(CCCCCCCl)C(=O)[O-]. The highest BCUT2D eigenvalue weighted by Gasteiger charge is 1.94. The van der Waals surface area contributed by atoms with Crippen molar-refractivity contribution in [3.63, 3.8) is 0 Å². The Balaban J connectivity index is 3.20. The molecule has 0 N–H and O–H groups in total. The van der Waals surface area contributed by atoms with E-state index >= 15 is 0 Å². The Hall–Kier alpha value is -0.500. The first-order valence-corrected chi connectivity index (χ1v) is 4.67. The maximum atomic E-state index is 10.2. The Kier molecular flexibility index (Phi) is 6.87. The van der Waals surface area contributed by atoms with Crippen LogP contribution in [0.15, 0.2) is 12.2 Å². The number of alkyl halides is 1. The molecule has 0 spiro atoms. The highest BCUT2D eigenvalue weighted by Crippen LogP contribution is 2.08. The number of aliphatic carboxylic acids is 1. The minimum absolute atomic E-state index is 0.195. The molecular formula is C9H14ClO2-. The molecule has 0 radical (unpaired) electrons. The predicted molar refractivity (Wildman–Crippen MR) is 48.0 cm³/mol. The lowest BCUT2D eigenvalue weighted by Gasteiger charge is -2.05. The Labute approximate surface area is 78.2 Å². The van der Waals surface area contributed by atoms with Crippen LogP contribution >= 0.6 is 11.6 Å². The molecule has 0 aliphatic heterocycles.